The first-order valence-electron chi connectivity index (χ1n) is 7.83. The lowest BCUT2D eigenvalue weighted by Crippen LogP contribution is -2.13. The van der Waals surface area contributed by atoms with Gasteiger partial charge in [0.15, 0.2) is 0 Å². The number of hydrogen-bond donors (Lipinski definition) is 1. The molecule has 0 radical (unpaired) electrons. The molecule has 0 fully saturated rings. The van der Waals surface area contributed by atoms with Crippen LogP contribution >= 0.6 is 15.9 Å². The number of pyridine rings is 1. The summed E-state index contributed by atoms with van der Waals surface area (Å²) in [7, 11) is 0. The predicted octanol–water partition coefficient (Wildman–Crippen LogP) is 5.45. The van der Waals surface area contributed by atoms with E-state index in [0.717, 1.165) is 10.0 Å². The van der Waals surface area contributed by atoms with E-state index in [0.29, 0.717) is 22.3 Å². The Morgan fingerprint density at radius 1 is 1.23 bits per heavy atom. The molecule has 0 aliphatic carbocycles. The summed E-state index contributed by atoms with van der Waals surface area (Å²) in [6.07, 6.45) is 1.26. The summed E-state index contributed by atoms with van der Waals surface area (Å²) < 4.78 is 0.807. The Bertz CT molecular complexity index is 1040. The minimum Gasteiger partial charge on any atom is -0.349 e. The monoisotopic (exact) mass is 410 g/mol. The van der Waals surface area contributed by atoms with Crippen LogP contribution in [0, 0.1) is 21.4 Å². The fourth-order valence-electron chi connectivity index (χ4n) is 2.60. The number of aromatic nitrogens is 1. The molecule has 0 atom stereocenters. The molecule has 1 N–H and O–H groups in total. The van der Waals surface area contributed by atoms with Crippen molar-refractivity contribution in [1.29, 1.82) is 5.26 Å². The molecule has 0 amide bonds. The molecule has 0 saturated carbocycles. The number of nitriles is 1. The van der Waals surface area contributed by atoms with E-state index in [1.165, 1.54) is 6.20 Å². The molecule has 3 aromatic rings. The summed E-state index contributed by atoms with van der Waals surface area (Å²) in [5, 5.41) is 24.5. The fourth-order valence-corrected chi connectivity index (χ4v) is 2.96. The van der Waals surface area contributed by atoms with E-state index in [4.69, 9.17) is 0 Å². The molecule has 2 aromatic carbocycles. The van der Waals surface area contributed by atoms with Gasteiger partial charge in [-0.15, -0.1) is 0 Å². The average Bonchev–Trinajstić information content (AvgIpc) is 2.62. The van der Waals surface area contributed by atoms with Gasteiger partial charge in [-0.05, 0) is 49.7 Å². The van der Waals surface area contributed by atoms with Crippen LogP contribution in [0.1, 0.15) is 19.4 Å². The summed E-state index contributed by atoms with van der Waals surface area (Å²) in [5.41, 5.74) is 1.91. The molecule has 0 unspecified atom stereocenters. The van der Waals surface area contributed by atoms with Crippen molar-refractivity contribution in [2.24, 2.45) is 0 Å². The number of fused-ring (bicyclic) bond motifs is 1. The average molecular weight is 411 g/mol. The van der Waals surface area contributed by atoms with Gasteiger partial charge in [-0.1, -0.05) is 28.1 Å². The van der Waals surface area contributed by atoms with Crippen LogP contribution in [0.25, 0.3) is 10.9 Å². The van der Waals surface area contributed by atoms with E-state index in [9.17, 15) is 15.4 Å². The lowest BCUT2D eigenvalue weighted by molar-refractivity contribution is -0.384. The third kappa shape index (κ3) is 3.37. The number of benzene rings is 2. The van der Waals surface area contributed by atoms with Gasteiger partial charge in [0.2, 0.25) is 0 Å². The second kappa shape index (κ2) is 6.73. The quantitative estimate of drug-likeness (QED) is 0.455. The Morgan fingerprint density at radius 3 is 2.54 bits per heavy atom. The minimum atomic E-state index is -0.598. The van der Waals surface area contributed by atoms with Crippen molar-refractivity contribution < 1.29 is 4.92 Å². The van der Waals surface area contributed by atoms with E-state index in [1.54, 1.807) is 12.1 Å². The normalized spacial score (nSPS) is 11.2. The van der Waals surface area contributed by atoms with Crippen LogP contribution in [0.15, 0.2) is 53.1 Å². The van der Waals surface area contributed by atoms with Crippen LogP contribution in [-0.2, 0) is 5.41 Å². The Morgan fingerprint density at radius 2 is 1.92 bits per heavy atom. The molecule has 7 heteroatoms. The fraction of sp³-hybridized carbons (Fsp3) is 0.158. The van der Waals surface area contributed by atoms with Crippen molar-refractivity contribution in [1.82, 2.24) is 4.98 Å². The number of rotatable bonds is 4. The first-order chi connectivity index (χ1) is 12.3. The van der Waals surface area contributed by atoms with E-state index < -0.39 is 10.3 Å². The van der Waals surface area contributed by atoms with Gasteiger partial charge in [0.1, 0.15) is 11.9 Å². The van der Waals surface area contributed by atoms with Crippen LogP contribution in [-0.4, -0.2) is 9.91 Å². The highest BCUT2D eigenvalue weighted by Gasteiger charge is 2.21. The van der Waals surface area contributed by atoms with Gasteiger partial charge in [-0.25, -0.2) is 4.98 Å². The number of nitrogens with one attached hydrogen (secondary N) is 1. The maximum atomic E-state index is 11.4. The summed E-state index contributed by atoms with van der Waals surface area (Å²) in [4.78, 5) is 15.2. The minimum absolute atomic E-state index is 0.1000. The van der Waals surface area contributed by atoms with Gasteiger partial charge in [0.25, 0.3) is 0 Å². The number of hydrogen-bond acceptors (Lipinski definition) is 5. The Balaban J connectivity index is 2.08. The van der Waals surface area contributed by atoms with Gasteiger partial charge in [0, 0.05) is 15.5 Å². The summed E-state index contributed by atoms with van der Waals surface area (Å²) in [6, 6.07) is 15.0. The van der Waals surface area contributed by atoms with E-state index in [1.807, 2.05) is 44.2 Å². The number of nitrogens with zero attached hydrogens (tertiary/aromatic N) is 3. The number of halogens is 1. The predicted molar refractivity (Wildman–Crippen MR) is 104 cm³/mol. The van der Waals surface area contributed by atoms with Crippen LogP contribution < -0.4 is 5.32 Å². The third-order valence-corrected chi connectivity index (χ3v) is 4.66. The number of anilines is 2. The van der Waals surface area contributed by atoms with Crippen molar-refractivity contribution >= 4 is 43.9 Å². The molecule has 1 heterocycles. The van der Waals surface area contributed by atoms with Crippen LogP contribution in [0.4, 0.5) is 17.1 Å². The molecule has 0 aliphatic heterocycles. The van der Waals surface area contributed by atoms with Crippen molar-refractivity contribution in [3.05, 3.63) is 68.8 Å². The van der Waals surface area contributed by atoms with Gasteiger partial charge in [0.05, 0.1) is 21.9 Å². The lowest BCUT2D eigenvalue weighted by Gasteiger charge is -2.16. The molecule has 6 nitrogen and oxygen atoms in total. The highest BCUT2D eigenvalue weighted by Crippen LogP contribution is 2.35. The molecule has 0 aliphatic rings. The lowest BCUT2D eigenvalue weighted by atomic mass is 9.86. The highest BCUT2D eigenvalue weighted by atomic mass is 79.9. The van der Waals surface area contributed by atoms with E-state index in [2.05, 4.69) is 32.3 Å². The summed E-state index contributed by atoms with van der Waals surface area (Å²) in [5.74, 6) is 0. The van der Waals surface area contributed by atoms with Crippen molar-refractivity contribution in [3.63, 3.8) is 0 Å². The maximum absolute atomic E-state index is 11.4. The summed E-state index contributed by atoms with van der Waals surface area (Å²) >= 11 is 3.40. The summed E-state index contributed by atoms with van der Waals surface area (Å²) in [6.45, 7) is 3.68. The SMILES string of the molecule is CC(C)(C#N)c1ccc(Nc2c([N+](=O)[O-])cnc3ccc(Br)cc23)cc1. The largest absolute Gasteiger partial charge is 0.349 e. The van der Waals surface area contributed by atoms with Crippen LogP contribution in [0.3, 0.4) is 0 Å². The Hall–Kier alpha value is -2.98. The smallest absolute Gasteiger partial charge is 0.311 e. The molecule has 26 heavy (non-hydrogen) atoms. The third-order valence-electron chi connectivity index (χ3n) is 4.16. The standard InChI is InChI=1S/C19H15BrN4O2/c1-19(2,11-21)12-3-6-14(7-4-12)23-18-15-9-13(20)5-8-16(15)22-10-17(18)24(25)26/h3-10H,1-2H3,(H,22,23). The molecular weight excluding hydrogens is 396 g/mol. The zero-order valence-electron chi connectivity index (χ0n) is 14.2. The topological polar surface area (TPSA) is 91.8 Å². The maximum Gasteiger partial charge on any atom is 0.311 e. The zero-order chi connectivity index (χ0) is 18.9. The van der Waals surface area contributed by atoms with Gasteiger partial charge < -0.3 is 5.32 Å². The molecule has 0 bridgehead atoms. The van der Waals surface area contributed by atoms with Gasteiger partial charge >= 0.3 is 5.69 Å². The van der Waals surface area contributed by atoms with Crippen molar-refractivity contribution in [3.8, 4) is 6.07 Å². The van der Waals surface area contributed by atoms with E-state index >= 15 is 0 Å². The number of nitro groups is 1. The van der Waals surface area contributed by atoms with Crippen molar-refractivity contribution in [2.45, 2.75) is 19.3 Å². The zero-order valence-corrected chi connectivity index (χ0v) is 15.7. The molecule has 130 valence electrons. The highest BCUT2D eigenvalue weighted by molar-refractivity contribution is 9.10. The van der Waals surface area contributed by atoms with Crippen LogP contribution in [0.5, 0.6) is 0 Å². The van der Waals surface area contributed by atoms with Gasteiger partial charge in [-0.2, -0.15) is 5.26 Å². The first kappa shape index (κ1) is 17.8. The van der Waals surface area contributed by atoms with Crippen LogP contribution in [0.2, 0.25) is 0 Å². The Kier molecular flexibility index (Phi) is 4.62. The molecule has 3 rings (SSSR count). The molecule has 0 saturated heterocycles. The van der Waals surface area contributed by atoms with Gasteiger partial charge in [-0.3, -0.25) is 10.1 Å². The van der Waals surface area contributed by atoms with Crippen molar-refractivity contribution in [2.75, 3.05) is 5.32 Å². The molecule has 0 spiro atoms. The van der Waals surface area contributed by atoms with E-state index in [-0.39, 0.29) is 5.69 Å². The first-order valence-corrected chi connectivity index (χ1v) is 8.62. The molecule has 1 aromatic heterocycles. The second-order valence-electron chi connectivity index (χ2n) is 6.38. The molecular formula is C19H15BrN4O2. The second-order valence-corrected chi connectivity index (χ2v) is 7.29. The Labute approximate surface area is 158 Å².